The molecule has 94 valence electrons. The molecule has 1 aliphatic carbocycles. The van der Waals surface area contributed by atoms with Crippen molar-refractivity contribution in [3.8, 4) is 5.75 Å². The first-order chi connectivity index (χ1) is 8.16. The Labute approximate surface area is 108 Å². The lowest BCUT2D eigenvalue weighted by atomic mass is 9.85. The van der Waals surface area contributed by atoms with E-state index in [1.165, 1.54) is 29.5 Å². The fourth-order valence-corrected chi connectivity index (χ4v) is 3.10. The van der Waals surface area contributed by atoms with E-state index >= 15 is 0 Å². The van der Waals surface area contributed by atoms with E-state index in [9.17, 15) is 5.11 Å². The van der Waals surface area contributed by atoms with E-state index in [0.717, 1.165) is 31.2 Å². The van der Waals surface area contributed by atoms with Crippen molar-refractivity contribution in [2.45, 2.75) is 45.4 Å². The lowest BCUT2D eigenvalue weighted by molar-refractivity contribution is 0.464. The average molecular weight is 254 g/mol. The number of aromatic hydroxyl groups is 1. The van der Waals surface area contributed by atoms with Crippen LogP contribution in [0.5, 0.6) is 5.75 Å². The molecule has 0 radical (unpaired) electrons. The molecule has 0 amide bonds. The highest BCUT2D eigenvalue weighted by molar-refractivity contribution is 6.33. The standard InChI is InChI=1S/C14H20ClNO/c1-9-10-5-2-3-6-12(10)13(15)14(17)11(9)7-4-8-16/h17H,2-8,16H2,1H3. The van der Waals surface area contributed by atoms with E-state index in [-0.39, 0.29) is 0 Å². The number of hydrogen-bond acceptors (Lipinski definition) is 2. The Bertz CT molecular complexity index is 429. The molecule has 3 heteroatoms. The molecule has 0 bridgehead atoms. The van der Waals surface area contributed by atoms with Crippen LogP contribution in [0.4, 0.5) is 0 Å². The first kappa shape index (κ1) is 12.7. The second-order valence-electron chi connectivity index (χ2n) is 4.82. The van der Waals surface area contributed by atoms with Crippen LogP contribution in [0.15, 0.2) is 0 Å². The predicted molar refractivity (Wildman–Crippen MR) is 71.9 cm³/mol. The van der Waals surface area contributed by atoms with Crippen LogP contribution in [0.1, 0.15) is 41.5 Å². The van der Waals surface area contributed by atoms with Crippen LogP contribution < -0.4 is 5.73 Å². The van der Waals surface area contributed by atoms with Crippen molar-refractivity contribution >= 4 is 11.6 Å². The summed E-state index contributed by atoms with van der Waals surface area (Å²) in [4.78, 5) is 0. The molecule has 0 heterocycles. The summed E-state index contributed by atoms with van der Waals surface area (Å²) in [5.41, 5.74) is 10.3. The van der Waals surface area contributed by atoms with Gasteiger partial charge >= 0.3 is 0 Å². The number of phenolic OH excluding ortho intramolecular Hbond substituents is 1. The predicted octanol–water partition coefficient (Wildman–Crippen LogP) is 3.12. The minimum atomic E-state index is 0.290. The topological polar surface area (TPSA) is 46.2 Å². The Kier molecular flexibility index (Phi) is 3.95. The van der Waals surface area contributed by atoms with Crippen LogP contribution in [-0.4, -0.2) is 11.7 Å². The second-order valence-corrected chi connectivity index (χ2v) is 5.20. The molecule has 2 nitrogen and oxygen atoms in total. The largest absolute Gasteiger partial charge is 0.506 e. The Morgan fingerprint density at radius 1 is 1.24 bits per heavy atom. The van der Waals surface area contributed by atoms with Crippen LogP contribution in [-0.2, 0) is 19.3 Å². The van der Waals surface area contributed by atoms with Crippen LogP contribution in [0.2, 0.25) is 5.02 Å². The van der Waals surface area contributed by atoms with Gasteiger partial charge in [-0.15, -0.1) is 0 Å². The number of phenols is 1. The van der Waals surface area contributed by atoms with E-state index in [2.05, 4.69) is 6.92 Å². The normalized spacial score (nSPS) is 14.8. The van der Waals surface area contributed by atoms with Crippen molar-refractivity contribution in [1.82, 2.24) is 0 Å². The van der Waals surface area contributed by atoms with Gasteiger partial charge in [0.25, 0.3) is 0 Å². The minimum absolute atomic E-state index is 0.290. The maximum Gasteiger partial charge on any atom is 0.137 e. The summed E-state index contributed by atoms with van der Waals surface area (Å²) < 4.78 is 0. The number of benzene rings is 1. The van der Waals surface area contributed by atoms with Crippen LogP contribution in [0.25, 0.3) is 0 Å². The van der Waals surface area contributed by atoms with Crippen LogP contribution >= 0.6 is 11.6 Å². The smallest absolute Gasteiger partial charge is 0.137 e. The Hall–Kier alpha value is -0.730. The molecule has 0 unspecified atom stereocenters. The molecule has 0 aliphatic heterocycles. The van der Waals surface area contributed by atoms with Gasteiger partial charge in [-0.05, 0) is 74.2 Å². The summed E-state index contributed by atoms with van der Waals surface area (Å²) in [5.74, 6) is 0.290. The molecule has 1 aromatic carbocycles. The molecular formula is C14H20ClNO. The SMILES string of the molecule is Cc1c(CCCN)c(O)c(Cl)c2c1CCCC2. The summed E-state index contributed by atoms with van der Waals surface area (Å²) in [6, 6.07) is 0. The minimum Gasteiger partial charge on any atom is -0.506 e. The second kappa shape index (κ2) is 5.28. The van der Waals surface area contributed by atoms with Gasteiger partial charge in [0.2, 0.25) is 0 Å². The summed E-state index contributed by atoms with van der Waals surface area (Å²) >= 11 is 6.29. The summed E-state index contributed by atoms with van der Waals surface area (Å²) in [6.45, 7) is 2.75. The van der Waals surface area contributed by atoms with Gasteiger partial charge in [-0.3, -0.25) is 0 Å². The molecule has 17 heavy (non-hydrogen) atoms. The third-order valence-electron chi connectivity index (χ3n) is 3.76. The Morgan fingerprint density at radius 3 is 2.53 bits per heavy atom. The number of rotatable bonds is 3. The van der Waals surface area contributed by atoms with Crippen molar-refractivity contribution in [2.75, 3.05) is 6.54 Å². The first-order valence-electron chi connectivity index (χ1n) is 6.38. The molecule has 1 aliphatic rings. The number of fused-ring (bicyclic) bond motifs is 1. The van der Waals surface area contributed by atoms with Crippen LogP contribution in [0, 0.1) is 6.92 Å². The van der Waals surface area contributed by atoms with Gasteiger partial charge in [0.15, 0.2) is 0 Å². The van der Waals surface area contributed by atoms with Crippen molar-refractivity contribution in [1.29, 1.82) is 0 Å². The monoisotopic (exact) mass is 253 g/mol. The van der Waals surface area contributed by atoms with E-state index in [1.807, 2.05) is 0 Å². The zero-order chi connectivity index (χ0) is 12.4. The quantitative estimate of drug-likeness (QED) is 0.870. The number of nitrogens with two attached hydrogens (primary N) is 1. The molecule has 0 spiro atoms. The highest BCUT2D eigenvalue weighted by Gasteiger charge is 2.21. The zero-order valence-corrected chi connectivity index (χ0v) is 11.1. The molecule has 0 fully saturated rings. The molecule has 0 aromatic heterocycles. The summed E-state index contributed by atoms with van der Waals surface area (Å²) in [6.07, 6.45) is 6.21. The van der Waals surface area contributed by atoms with E-state index in [0.29, 0.717) is 17.3 Å². The van der Waals surface area contributed by atoms with Gasteiger partial charge in [-0.25, -0.2) is 0 Å². The van der Waals surface area contributed by atoms with Gasteiger partial charge in [0.05, 0.1) is 5.02 Å². The van der Waals surface area contributed by atoms with Gasteiger partial charge in [0, 0.05) is 0 Å². The molecule has 0 saturated carbocycles. The van der Waals surface area contributed by atoms with E-state index < -0.39 is 0 Å². The highest BCUT2D eigenvalue weighted by atomic mass is 35.5. The van der Waals surface area contributed by atoms with Crippen LogP contribution in [0.3, 0.4) is 0 Å². The fourth-order valence-electron chi connectivity index (χ4n) is 2.78. The van der Waals surface area contributed by atoms with Crippen molar-refractivity contribution in [2.24, 2.45) is 5.73 Å². The van der Waals surface area contributed by atoms with E-state index in [1.54, 1.807) is 0 Å². The number of hydrogen-bond donors (Lipinski definition) is 2. The molecule has 0 saturated heterocycles. The summed E-state index contributed by atoms with van der Waals surface area (Å²) in [5, 5.41) is 10.8. The summed E-state index contributed by atoms with van der Waals surface area (Å²) in [7, 11) is 0. The Balaban J connectivity index is 2.49. The lowest BCUT2D eigenvalue weighted by Gasteiger charge is -2.23. The fraction of sp³-hybridized carbons (Fsp3) is 0.571. The third kappa shape index (κ3) is 2.29. The molecular weight excluding hydrogens is 234 g/mol. The number of halogens is 1. The van der Waals surface area contributed by atoms with Crippen molar-refractivity contribution < 1.29 is 5.11 Å². The first-order valence-corrected chi connectivity index (χ1v) is 6.76. The third-order valence-corrected chi connectivity index (χ3v) is 4.17. The maximum atomic E-state index is 10.2. The van der Waals surface area contributed by atoms with Gasteiger partial charge in [0.1, 0.15) is 5.75 Å². The van der Waals surface area contributed by atoms with E-state index in [4.69, 9.17) is 17.3 Å². The molecule has 0 atom stereocenters. The maximum absolute atomic E-state index is 10.2. The van der Waals surface area contributed by atoms with Gasteiger partial charge in [-0.1, -0.05) is 11.6 Å². The van der Waals surface area contributed by atoms with Gasteiger partial charge in [-0.2, -0.15) is 0 Å². The zero-order valence-electron chi connectivity index (χ0n) is 10.4. The van der Waals surface area contributed by atoms with Gasteiger partial charge < -0.3 is 10.8 Å². The lowest BCUT2D eigenvalue weighted by Crippen LogP contribution is -2.10. The Morgan fingerprint density at radius 2 is 1.88 bits per heavy atom. The highest BCUT2D eigenvalue weighted by Crippen LogP contribution is 2.40. The van der Waals surface area contributed by atoms with Crippen molar-refractivity contribution in [3.05, 3.63) is 27.3 Å². The molecule has 3 N–H and O–H groups in total. The molecule has 2 rings (SSSR count). The molecule has 1 aromatic rings. The average Bonchev–Trinajstić information content (AvgIpc) is 2.36. The van der Waals surface area contributed by atoms with Crippen molar-refractivity contribution in [3.63, 3.8) is 0 Å².